The molecule has 70 valence electrons. The molecule has 0 saturated heterocycles. The zero-order valence-corrected chi connectivity index (χ0v) is 8.41. The standard InChI is InChI=1S/C8H16O3P/c1-3-5-6-7-10-8(4-2)11-12-9/h4,8,12H,2-3,5-7H2,1H3/q+1. The molecule has 0 rings (SSSR count). The van der Waals surface area contributed by atoms with Gasteiger partial charge in [0.05, 0.1) is 6.61 Å². The fourth-order valence-electron chi connectivity index (χ4n) is 0.749. The van der Waals surface area contributed by atoms with Gasteiger partial charge in [-0.25, -0.2) is 0 Å². The van der Waals surface area contributed by atoms with E-state index < -0.39 is 15.0 Å². The van der Waals surface area contributed by atoms with Crippen LogP contribution in [0, 0.1) is 0 Å². The minimum absolute atomic E-state index is 0.516. The first-order valence-electron chi connectivity index (χ1n) is 4.12. The Morgan fingerprint density at radius 3 is 2.83 bits per heavy atom. The number of rotatable bonds is 8. The molecule has 0 aromatic rings. The molecule has 0 aliphatic heterocycles. The summed E-state index contributed by atoms with van der Waals surface area (Å²) in [4.78, 5) is 0. The number of hydrogen-bond acceptors (Lipinski definition) is 3. The normalized spacial score (nSPS) is 13.1. The molecular formula is C8H16O3P+. The summed E-state index contributed by atoms with van der Waals surface area (Å²) in [5.74, 6) is 0. The highest BCUT2D eigenvalue weighted by Crippen LogP contribution is 2.06. The first-order chi connectivity index (χ1) is 5.85. The van der Waals surface area contributed by atoms with Crippen molar-refractivity contribution in [3.05, 3.63) is 12.7 Å². The molecule has 0 amide bonds. The van der Waals surface area contributed by atoms with Crippen molar-refractivity contribution in [2.45, 2.75) is 32.5 Å². The molecule has 0 aromatic heterocycles. The predicted octanol–water partition coefficient (Wildman–Crippen LogP) is 2.66. The van der Waals surface area contributed by atoms with E-state index in [-0.39, 0.29) is 0 Å². The van der Waals surface area contributed by atoms with E-state index in [1.807, 2.05) is 0 Å². The van der Waals surface area contributed by atoms with Crippen molar-refractivity contribution in [1.82, 2.24) is 0 Å². The largest absolute Gasteiger partial charge is 0.497 e. The van der Waals surface area contributed by atoms with E-state index in [4.69, 9.17) is 9.26 Å². The quantitative estimate of drug-likeness (QED) is 0.256. The average Bonchev–Trinajstić information content (AvgIpc) is 2.10. The second-order valence-electron chi connectivity index (χ2n) is 2.38. The maximum atomic E-state index is 10.1. The Morgan fingerprint density at radius 2 is 2.33 bits per heavy atom. The molecule has 2 atom stereocenters. The second-order valence-corrected chi connectivity index (χ2v) is 2.79. The van der Waals surface area contributed by atoms with Crippen LogP contribution in [0.4, 0.5) is 0 Å². The van der Waals surface area contributed by atoms with E-state index in [1.165, 1.54) is 6.08 Å². The minimum Gasteiger partial charge on any atom is -0.345 e. The molecule has 0 fully saturated rings. The maximum Gasteiger partial charge on any atom is 0.497 e. The van der Waals surface area contributed by atoms with Gasteiger partial charge in [0.25, 0.3) is 0 Å². The summed E-state index contributed by atoms with van der Waals surface area (Å²) >= 11 is 0. The van der Waals surface area contributed by atoms with Gasteiger partial charge in [-0.1, -0.05) is 26.3 Å². The molecule has 0 spiro atoms. The molecule has 3 nitrogen and oxygen atoms in total. The molecule has 0 saturated carbocycles. The van der Waals surface area contributed by atoms with Gasteiger partial charge >= 0.3 is 8.69 Å². The number of ether oxygens (including phenoxy) is 1. The van der Waals surface area contributed by atoms with Crippen LogP contribution in [0.2, 0.25) is 0 Å². The Hall–Kier alpha value is -0.240. The van der Waals surface area contributed by atoms with Crippen LogP contribution >= 0.6 is 8.69 Å². The third-order valence-corrected chi connectivity index (χ3v) is 1.72. The topological polar surface area (TPSA) is 35.5 Å². The second kappa shape index (κ2) is 8.85. The maximum absolute atomic E-state index is 10.1. The van der Waals surface area contributed by atoms with Crippen molar-refractivity contribution < 1.29 is 13.8 Å². The van der Waals surface area contributed by atoms with E-state index in [9.17, 15) is 4.57 Å². The van der Waals surface area contributed by atoms with Crippen LogP contribution in [0.1, 0.15) is 26.2 Å². The number of unbranched alkanes of at least 4 members (excludes halogenated alkanes) is 2. The van der Waals surface area contributed by atoms with E-state index in [0.29, 0.717) is 6.61 Å². The molecular weight excluding hydrogens is 175 g/mol. The summed E-state index contributed by atoms with van der Waals surface area (Å²) in [7, 11) is -0.789. The van der Waals surface area contributed by atoms with Gasteiger partial charge in [-0.3, -0.25) is 0 Å². The van der Waals surface area contributed by atoms with Crippen molar-refractivity contribution in [3.8, 4) is 0 Å². The zero-order chi connectivity index (χ0) is 9.23. The molecule has 12 heavy (non-hydrogen) atoms. The van der Waals surface area contributed by atoms with Gasteiger partial charge in [0.1, 0.15) is 0 Å². The Morgan fingerprint density at radius 1 is 1.58 bits per heavy atom. The van der Waals surface area contributed by atoms with Crippen LogP contribution in [0.15, 0.2) is 12.7 Å². The van der Waals surface area contributed by atoms with Crippen molar-refractivity contribution in [3.63, 3.8) is 0 Å². The third-order valence-electron chi connectivity index (χ3n) is 1.39. The predicted molar refractivity (Wildman–Crippen MR) is 49.5 cm³/mol. The lowest BCUT2D eigenvalue weighted by atomic mass is 10.3. The SMILES string of the molecule is C=CC(OCCCCC)O[PH+]=O. The van der Waals surface area contributed by atoms with Gasteiger partial charge < -0.3 is 4.74 Å². The molecule has 4 heteroatoms. The third kappa shape index (κ3) is 6.47. The summed E-state index contributed by atoms with van der Waals surface area (Å²) < 4.78 is 20.0. The monoisotopic (exact) mass is 191 g/mol. The molecule has 0 heterocycles. The van der Waals surface area contributed by atoms with Gasteiger partial charge in [0, 0.05) is 0 Å². The highest BCUT2D eigenvalue weighted by molar-refractivity contribution is 7.17. The number of hydrogen-bond donors (Lipinski definition) is 0. The Balaban J connectivity index is 3.31. The fourth-order valence-corrected chi connectivity index (χ4v) is 1.01. The lowest BCUT2D eigenvalue weighted by Gasteiger charge is -2.05. The molecule has 0 aromatic carbocycles. The van der Waals surface area contributed by atoms with Crippen LogP contribution in [-0.2, 0) is 13.8 Å². The van der Waals surface area contributed by atoms with E-state index >= 15 is 0 Å². The van der Waals surface area contributed by atoms with Gasteiger partial charge in [0.15, 0.2) is 0 Å². The van der Waals surface area contributed by atoms with Crippen LogP contribution in [-0.4, -0.2) is 12.9 Å². The zero-order valence-electron chi connectivity index (χ0n) is 7.41. The first kappa shape index (κ1) is 11.8. The Bertz CT molecular complexity index is 127. The minimum atomic E-state index is -0.789. The van der Waals surface area contributed by atoms with Gasteiger partial charge in [-0.15, -0.1) is 4.52 Å². The van der Waals surface area contributed by atoms with E-state index in [0.717, 1.165) is 19.3 Å². The summed E-state index contributed by atoms with van der Waals surface area (Å²) in [5.41, 5.74) is 0. The summed E-state index contributed by atoms with van der Waals surface area (Å²) in [6.45, 7) is 6.25. The summed E-state index contributed by atoms with van der Waals surface area (Å²) in [5, 5.41) is 0. The van der Waals surface area contributed by atoms with Gasteiger partial charge in [-0.05, 0) is 17.1 Å². The lowest BCUT2D eigenvalue weighted by molar-refractivity contribution is -0.0396. The molecule has 0 N–H and O–H groups in total. The average molecular weight is 191 g/mol. The van der Waals surface area contributed by atoms with E-state index in [2.05, 4.69) is 13.5 Å². The molecule has 0 aliphatic carbocycles. The van der Waals surface area contributed by atoms with Crippen molar-refractivity contribution >= 4 is 8.69 Å². The first-order valence-corrected chi connectivity index (χ1v) is 4.93. The van der Waals surface area contributed by atoms with Crippen LogP contribution in [0.3, 0.4) is 0 Å². The molecule has 0 radical (unpaired) electrons. The fraction of sp³-hybridized carbons (Fsp3) is 0.750. The van der Waals surface area contributed by atoms with Gasteiger partial charge in [-0.2, -0.15) is 0 Å². The Labute approximate surface area is 75.0 Å². The summed E-state index contributed by atoms with van der Waals surface area (Å²) in [6.07, 6.45) is 4.29. The molecule has 2 unspecified atom stereocenters. The molecule has 0 aliphatic rings. The summed E-state index contributed by atoms with van der Waals surface area (Å²) in [6, 6.07) is 0. The van der Waals surface area contributed by atoms with Crippen molar-refractivity contribution in [2.75, 3.05) is 6.61 Å². The van der Waals surface area contributed by atoms with Gasteiger partial charge in [0.2, 0.25) is 6.29 Å². The smallest absolute Gasteiger partial charge is 0.345 e. The highest BCUT2D eigenvalue weighted by atomic mass is 31.1. The van der Waals surface area contributed by atoms with Crippen LogP contribution in [0.25, 0.3) is 0 Å². The Kier molecular flexibility index (Phi) is 8.68. The van der Waals surface area contributed by atoms with Crippen LogP contribution in [0.5, 0.6) is 0 Å². The van der Waals surface area contributed by atoms with E-state index in [1.54, 1.807) is 0 Å². The molecule has 0 bridgehead atoms. The van der Waals surface area contributed by atoms with Crippen molar-refractivity contribution in [1.29, 1.82) is 0 Å². The van der Waals surface area contributed by atoms with Crippen LogP contribution < -0.4 is 0 Å². The van der Waals surface area contributed by atoms with Crippen molar-refractivity contribution in [2.24, 2.45) is 0 Å². The lowest BCUT2D eigenvalue weighted by Crippen LogP contribution is -2.10. The highest BCUT2D eigenvalue weighted by Gasteiger charge is 2.07.